The molecule has 22 heavy (non-hydrogen) atoms. The Morgan fingerprint density at radius 2 is 1.77 bits per heavy atom. The zero-order valence-electron chi connectivity index (χ0n) is 13.7. The molecule has 1 fully saturated rings. The second kappa shape index (κ2) is 8.92. The van der Waals surface area contributed by atoms with Gasteiger partial charge in [-0.15, -0.1) is 24.8 Å². The third-order valence-corrected chi connectivity index (χ3v) is 3.82. The average molecular weight is 353 g/mol. The van der Waals surface area contributed by atoms with Crippen LogP contribution in [0.3, 0.4) is 0 Å². The van der Waals surface area contributed by atoms with Crippen LogP contribution < -0.4 is 10.1 Å². The first-order chi connectivity index (χ1) is 9.43. The first-order valence-corrected chi connectivity index (χ1v) is 7.21. The quantitative estimate of drug-likeness (QED) is 0.897. The molecule has 1 aliphatic heterocycles. The lowest BCUT2D eigenvalue weighted by molar-refractivity contribution is 0.0839. The number of halogens is 3. The predicted octanol–water partition coefficient (Wildman–Crippen LogP) is 3.67. The molecule has 0 unspecified atom stereocenters. The summed E-state index contributed by atoms with van der Waals surface area (Å²) in [4.78, 5) is 2.42. The fourth-order valence-corrected chi connectivity index (χ4v) is 3.07. The summed E-state index contributed by atoms with van der Waals surface area (Å²) in [5.74, 6) is 0.565. The molecule has 0 bridgehead atoms. The van der Waals surface area contributed by atoms with Crippen LogP contribution in [0.5, 0.6) is 5.75 Å². The standard InChI is InChI=1S/C16H25FN2O.2ClH/c1-16(2,3)15(19-9-7-18-8-10-19)13-11-12(17)5-6-14(13)20-4;;/h5-6,11,15,18H,7-10H2,1-4H3;2*1H/t15-;;/m1../s1. The highest BCUT2D eigenvalue weighted by Crippen LogP contribution is 2.42. The first-order valence-electron chi connectivity index (χ1n) is 7.21. The third-order valence-electron chi connectivity index (χ3n) is 3.82. The molecule has 0 saturated carbocycles. The van der Waals surface area contributed by atoms with Crippen LogP contribution in [0.4, 0.5) is 4.39 Å². The highest BCUT2D eigenvalue weighted by atomic mass is 35.5. The van der Waals surface area contributed by atoms with Crippen molar-refractivity contribution in [3.05, 3.63) is 29.6 Å². The number of ether oxygens (including phenoxy) is 1. The van der Waals surface area contributed by atoms with E-state index < -0.39 is 0 Å². The normalized spacial score (nSPS) is 17.1. The number of rotatable bonds is 3. The van der Waals surface area contributed by atoms with Crippen molar-refractivity contribution >= 4 is 24.8 Å². The van der Waals surface area contributed by atoms with Gasteiger partial charge in [0.1, 0.15) is 11.6 Å². The van der Waals surface area contributed by atoms with E-state index in [0.717, 1.165) is 37.5 Å². The SMILES string of the molecule is COc1ccc(F)cc1[C@@H](N1CCNCC1)C(C)(C)C.Cl.Cl. The molecule has 1 heterocycles. The summed E-state index contributed by atoms with van der Waals surface area (Å²) in [6, 6.07) is 4.96. The summed E-state index contributed by atoms with van der Waals surface area (Å²) >= 11 is 0. The van der Waals surface area contributed by atoms with E-state index in [-0.39, 0.29) is 42.1 Å². The highest BCUT2D eigenvalue weighted by Gasteiger charge is 2.34. The van der Waals surface area contributed by atoms with E-state index in [1.807, 2.05) is 0 Å². The Morgan fingerprint density at radius 3 is 2.27 bits per heavy atom. The topological polar surface area (TPSA) is 24.5 Å². The number of methoxy groups -OCH3 is 1. The Bertz CT molecular complexity index is 460. The van der Waals surface area contributed by atoms with Crippen LogP contribution >= 0.6 is 24.8 Å². The summed E-state index contributed by atoms with van der Waals surface area (Å²) in [6.07, 6.45) is 0. The van der Waals surface area contributed by atoms with Crippen molar-refractivity contribution in [1.29, 1.82) is 0 Å². The Labute approximate surface area is 145 Å². The Morgan fingerprint density at radius 1 is 1.18 bits per heavy atom. The number of piperazine rings is 1. The van der Waals surface area contributed by atoms with Gasteiger partial charge in [0.2, 0.25) is 0 Å². The van der Waals surface area contributed by atoms with Crippen molar-refractivity contribution in [3.8, 4) is 5.75 Å². The summed E-state index contributed by atoms with van der Waals surface area (Å²) in [6.45, 7) is 10.5. The van der Waals surface area contributed by atoms with Gasteiger partial charge in [-0.3, -0.25) is 4.90 Å². The number of nitrogens with one attached hydrogen (secondary N) is 1. The third kappa shape index (κ3) is 4.98. The van der Waals surface area contributed by atoms with Gasteiger partial charge in [-0.25, -0.2) is 4.39 Å². The lowest BCUT2D eigenvalue weighted by Gasteiger charge is -2.43. The smallest absolute Gasteiger partial charge is 0.123 e. The van der Waals surface area contributed by atoms with Gasteiger partial charge in [0, 0.05) is 37.8 Å². The van der Waals surface area contributed by atoms with Crippen LogP contribution in [0, 0.1) is 11.2 Å². The maximum atomic E-state index is 13.7. The van der Waals surface area contributed by atoms with Crippen LogP contribution in [0.2, 0.25) is 0 Å². The van der Waals surface area contributed by atoms with Crippen molar-refractivity contribution < 1.29 is 9.13 Å². The number of hydrogen-bond acceptors (Lipinski definition) is 3. The highest BCUT2D eigenvalue weighted by molar-refractivity contribution is 5.85. The number of nitrogens with zero attached hydrogens (tertiary/aromatic N) is 1. The van der Waals surface area contributed by atoms with Crippen molar-refractivity contribution in [3.63, 3.8) is 0 Å². The van der Waals surface area contributed by atoms with E-state index in [2.05, 4.69) is 31.0 Å². The molecule has 2 rings (SSSR count). The predicted molar refractivity (Wildman–Crippen MR) is 94.1 cm³/mol. The van der Waals surface area contributed by atoms with Crippen LogP contribution in [-0.4, -0.2) is 38.2 Å². The lowest BCUT2D eigenvalue weighted by Crippen LogP contribution is -2.48. The maximum absolute atomic E-state index is 13.7. The van der Waals surface area contributed by atoms with E-state index in [1.165, 1.54) is 6.07 Å². The average Bonchev–Trinajstić information content (AvgIpc) is 2.39. The molecular weight excluding hydrogens is 326 g/mol. The van der Waals surface area contributed by atoms with Crippen LogP contribution in [0.15, 0.2) is 18.2 Å². The molecule has 1 atom stereocenters. The van der Waals surface area contributed by atoms with Gasteiger partial charge in [0.05, 0.1) is 7.11 Å². The van der Waals surface area contributed by atoms with Crippen LogP contribution in [0.1, 0.15) is 32.4 Å². The van der Waals surface area contributed by atoms with Crippen molar-refractivity contribution in [2.45, 2.75) is 26.8 Å². The molecule has 128 valence electrons. The Hall–Kier alpha value is -0.550. The zero-order valence-corrected chi connectivity index (χ0v) is 15.3. The lowest BCUT2D eigenvalue weighted by atomic mass is 9.80. The van der Waals surface area contributed by atoms with E-state index in [0.29, 0.717) is 0 Å². The summed E-state index contributed by atoms with van der Waals surface area (Å²) < 4.78 is 19.2. The zero-order chi connectivity index (χ0) is 14.8. The molecule has 0 spiro atoms. The van der Waals surface area contributed by atoms with Gasteiger partial charge in [0.25, 0.3) is 0 Å². The Kier molecular flexibility index (Phi) is 8.70. The van der Waals surface area contributed by atoms with Crippen molar-refractivity contribution in [2.24, 2.45) is 5.41 Å². The molecule has 1 aliphatic rings. The minimum atomic E-state index is -0.204. The second-order valence-corrected chi connectivity index (χ2v) is 6.44. The van der Waals surface area contributed by atoms with E-state index >= 15 is 0 Å². The molecule has 6 heteroatoms. The fraction of sp³-hybridized carbons (Fsp3) is 0.625. The van der Waals surface area contributed by atoms with Gasteiger partial charge < -0.3 is 10.1 Å². The second-order valence-electron chi connectivity index (χ2n) is 6.44. The molecule has 0 amide bonds. The molecule has 1 saturated heterocycles. The Balaban J connectivity index is 0.00000220. The van der Waals surface area contributed by atoms with E-state index in [1.54, 1.807) is 19.2 Å². The maximum Gasteiger partial charge on any atom is 0.123 e. The molecule has 0 radical (unpaired) electrons. The largest absolute Gasteiger partial charge is 0.496 e. The number of hydrogen-bond donors (Lipinski definition) is 1. The number of benzene rings is 1. The molecule has 1 aromatic rings. The van der Waals surface area contributed by atoms with Gasteiger partial charge in [-0.2, -0.15) is 0 Å². The first kappa shape index (κ1) is 21.4. The monoisotopic (exact) mass is 352 g/mol. The molecule has 0 aromatic heterocycles. The summed E-state index contributed by atoms with van der Waals surface area (Å²) in [7, 11) is 1.65. The summed E-state index contributed by atoms with van der Waals surface area (Å²) in [5.41, 5.74) is 0.959. The van der Waals surface area contributed by atoms with E-state index in [4.69, 9.17) is 4.74 Å². The molecule has 3 nitrogen and oxygen atoms in total. The summed E-state index contributed by atoms with van der Waals surface area (Å²) in [5, 5.41) is 3.37. The molecule has 1 N–H and O–H groups in total. The molecule has 1 aromatic carbocycles. The fourth-order valence-electron chi connectivity index (χ4n) is 3.07. The van der Waals surface area contributed by atoms with Gasteiger partial charge in [0.15, 0.2) is 0 Å². The molecule has 0 aliphatic carbocycles. The minimum absolute atomic E-state index is 0. The van der Waals surface area contributed by atoms with Gasteiger partial charge in [-0.05, 0) is 23.6 Å². The van der Waals surface area contributed by atoms with E-state index in [9.17, 15) is 4.39 Å². The van der Waals surface area contributed by atoms with Crippen LogP contribution in [-0.2, 0) is 0 Å². The van der Waals surface area contributed by atoms with Crippen molar-refractivity contribution in [2.75, 3.05) is 33.3 Å². The molecular formula is C16H27Cl2FN2O. The van der Waals surface area contributed by atoms with Crippen LogP contribution in [0.25, 0.3) is 0 Å². The van der Waals surface area contributed by atoms with Crippen molar-refractivity contribution in [1.82, 2.24) is 10.2 Å². The van der Waals surface area contributed by atoms with Gasteiger partial charge >= 0.3 is 0 Å². The minimum Gasteiger partial charge on any atom is -0.496 e. The van der Waals surface area contributed by atoms with Gasteiger partial charge in [-0.1, -0.05) is 20.8 Å².